The van der Waals surface area contributed by atoms with E-state index in [0.717, 1.165) is 31.3 Å². The van der Waals surface area contributed by atoms with Crippen LogP contribution in [0.4, 0.5) is 5.82 Å². The topological polar surface area (TPSA) is 94.3 Å². The van der Waals surface area contributed by atoms with Crippen LogP contribution in [-0.2, 0) is 0 Å². The summed E-state index contributed by atoms with van der Waals surface area (Å²) in [5.74, 6) is 1.05. The first-order chi connectivity index (χ1) is 12.0. The van der Waals surface area contributed by atoms with E-state index in [1.807, 2.05) is 6.07 Å². The number of methoxy groups -OCH3 is 1. The van der Waals surface area contributed by atoms with Crippen molar-refractivity contribution in [1.29, 1.82) is 5.26 Å². The molecule has 0 atom stereocenters. The molecule has 0 saturated carbocycles. The van der Waals surface area contributed by atoms with Crippen molar-refractivity contribution in [2.45, 2.75) is 38.8 Å². The maximum absolute atomic E-state index is 9.97. The van der Waals surface area contributed by atoms with Crippen LogP contribution in [0.1, 0.15) is 32.5 Å². The number of likely N-dealkylation sites (tertiary alicyclic amines) is 1. The van der Waals surface area contributed by atoms with Crippen LogP contribution in [0.2, 0.25) is 0 Å². The van der Waals surface area contributed by atoms with E-state index in [-0.39, 0.29) is 11.6 Å². The number of nitrogens with one attached hydrogen (secondary N) is 1. The van der Waals surface area contributed by atoms with Gasteiger partial charge in [-0.15, -0.1) is 0 Å². The fourth-order valence-corrected chi connectivity index (χ4v) is 3.22. The summed E-state index contributed by atoms with van der Waals surface area (Å²) in [6.07, 6.45) is 2.03. The molecule has 1 saturated heterocycles. The van der Waals surface area contributed by atoms with Gasteiger partial charge in [0.15, 0.2) is 11.5 Å². The Morgan fingerprint density at radius 3 is 2.64 bits per heavy atom. The Morgan fingerprint density at radius 1 is 1.32 bits per heavy atom. The Bertz CT molecular complexity index is 807. The number of aromatic hydroxyl groups is 1. The summed E-state index contributed by atoms with van der Waals surface area (Å²) in [5.41, 5.74) is 0.520. The monoisotopic (exact) mass is 341 g/mol. The zero-order chi connectivity index (χ0) is 18.0. The van der Waals surface area contributed by atoms with Crippen molar-refractivity contribution in [3.63, 3.8) is 0 Å². The molecule has 0 amide bonds. The first-order valence-electron chi connectivity index (χ1n) is 8.51. The molecule has 7 heteroatoms. The molecule has 0 unspecified atom stereocenters. The van der Waals surface area contributed by atoms with Crippen molar-refractivity contribution in [3.8, 4) is 17.6 Å². The lowest BCUT2D eigenvalue weighted by atomic mass is 10.0. The molecule has 0 radical (unpaired) electrons. The van der Waals surface area contributed by atoms with E-state index in [1.165, 1.54) is 13.2 Å². The van der Waals surface area contributed by atoms with Crippen LogP contribution < -0.4 is 10.1 Å². The Balaban J connectivity index is 1.91. The summed E-state index contributed by atoms with van der Waals surface area (Å²) in [6.45, 7) is 6.49. The maximum Gasteiger partial charge on any atom is 0.234 e. The summed E-state index contributed by atoms with van der Waals surface area (Å²) in [6, 6.07) is 6.04. The van der Waals surface area contributed by atoms with E-state index in [2.05, 4.69) is 34.0 Å². The van der Waals surface area contributed by atoms with Gasteiger partial charge >= 0.3 is 0 Å². The highest BCUT2D eigenvalue weighted by Crippen LogP contribution is 2.33. The Kier molecular flexibility index (Phi) is 4.91. The molecule has 1 aliphatic heterocycles. The molecule has 1 aliphatic rings. The number of nitrogens with zero attached hydrogens (tertiary/aromatic N) is 4. The summed E-state index contributed by atoms with van der Waals surface area (Å²) in [7, 11) is 1.50. The van der Waals surface area contributed by atoms with Crippen LogP contribution in [0.5, 0.6) is 11.5 Å². The van der Waals surface area contributed by atoms with E-state index < -0.39 is 0 Å². The molecule has 7 nitrogen and oxygen atoms in total. The van der Waals surface area contributed by atoms with Crippen LogP contribution in [0.15, 0.2) is 12.1 Å². The molecule has 1 aromatic heterocycles. The van der Waals surface area contributed by atoms with Gasteiger partial charge in [-0.05, 0) is 32.8 Å². The van der Waals surface area contributed by atoms with E-state index in [0.29, 0.717) is 29.2 Å². The third kappa shape index (κ3) is 3.59. The SMILES string of the molecule is COc1cc2c(NC3CCN(C(C)C)CC3)nc(C#N)nc2cc1O. The van der Waals surface area contributed by atoms with Crippen LogP contribution in [0.3, 0.4) is 0 Å². The number of benzene rings is 1. The summed E-state index contributed by atoms with van der Waals surface area (Å²) < 4.78 is 5.19. The number of nitriles is 1. The largest absolute Gasteiger partial charge is 0.504 e. The summed E-state index contributed by atoms with van der Waals surface area (Å²) >= 11 is 0. The zero-order valence-corrected chi connectivity index (χ0v) is 14.8. The second kappa shape index (κ2) is 7.11. The number of rotatable bonds is 4. The van der Waals surface area contributed by atoms with E-state index >= 15 is 0 Å². The highest BCUT2D eigenvalue weighted by atomic mass is 16.5. The number of phenolic OH excluding ortho intramolecular Hbond substituents is 1. The van der Waals surface area contributed by atoms with Gasteiger partial charge in [0, 0.05) is 36.6 Å². The fraction of sp³-hybridized carbons (Fsp3) is 0.500. The van der Waals surface area contributed by atoms with Crippen molar-refractivity contribution < 1.29 is 9.84 Å². The average Bonchev–Trinajstić information content (AvgIpc) is 2.61. The van der Waals surface area contributed by atoms with Crippen LogP contribution in [0, 0.1) is 11.3 Å². The Morgan fingerprint density at radius 2 is 2.04 bits per heavy atom. The first-order valence-corrected chi connectivity index (χ1v) is 8.51. The molecule has 0 spiro atoms. The highest BCUT2D eigenvalue weighted by Gasteiger charge is 2.22. The van der Waals surface area contributed by atoms with Crippen LogP contribution in [-0.4, -0.2) is 52.3 Å². The molecular formula is C18H23N5O2. The number of ether oxygens (including phenoxy) is 1. The van der Waals surface area contributed by atoms with Crippen LogP contribution >= 0.6 is 0 Å². The number of piperidine rings is 1. The number of phenols is 1. The number of hydrogen-bond donors (Lipinski definition) is 2. The van der Waals surface area contributed by atoms with Crippen molar-refractivity contribution in [1.82, 2.24) is 14.9 Å². The van der Waals surface area contributed by atoms with Gasteiger partial charge in [-0.1, -0.05) is 0 Å². The predicted octanol–water partition coefficient (Wildman–Crippen LogP) is 2.50. The van der Waals surface area contributed by atoms with Crippen molar-refractivity contribution in [3.05, 3.63) is 18.0 Å². The zero-order valence-electron chi connectivity index (χ0n) is 14.8. The van der Waals surface area contributed by atoms with Crippen molar-refractivity contribution in [2.24, 2.45) is 0 Å². The normalized spacial score (nSPS) is 16.1. The van der Waals surface area contributed by atoms with E-state index in [1.54, 1.807) is 6.07 Å². The lowest BCUT2D eigenvalue weighted by Crippen LogP contribution is -2.42. The molecule has 2 aromatic rings. The molecule has 3 rings (SSSR count). The van der Waals surface area contributed by atoms with Gasteiger partial charge < -0.3 is 20.1 Å². The Hall–Kier alpha value is -2.59. The van der Waals surface area contributed by atoms with Gasteiger partial charge in [0.05, 0.1) is 12.6 Å². The van der Waals surface area contributed by atoms with Gasteiger partial charge in [-0.2, -0.15) is 5.26 Å². The molecule has 0 aliphatic carbocycles. The molecule has 2 heterocycles. The lowest BCUT2D eigenvalue weighted by Gasteiger charge is -2.35. The van der Waals surface area contributed by atoms with E-state index in [9.17, 15) is 10.4 Å². The molecule has 1 aromatic carbocycles. The van der Waals surface area contributed by atoms with Gasteiger partial charge in [0.1, 0.15) is 11.9 Å². The summed E-state index contributed by atoms with van der Waals surface area (Å²) in [5, 5.41) is 23.4. The second-order valence-corrected chi connectivity index (χ2v) is 6.60. The minimum absolute atomic E-state index is 0.00576. The van der Waals surface area contributed by atoms with Gasteiger partial charge in [-0.25, -0.2) is 9.97 Å². The van der Waals surface area contributed by atoms with Crippen molar-refractivity contribution in [2.75, 3.05) is 25.5 Å². The standard InChI is InChI=1S/C18H23N5O2/c1-11(2)23-6-4-12(5-7-23)20-18-13-8-16(25-3)15(24)9-14(13)21-17(10-19)22-18/h8-9,11-12,24H,4-7H2,1-3H3,(H,20,21,22). The molecule has 132 valence electrons. The maximum atomic E-state index is 9.97. The Labute approximate surface area is 147 Å². The number of aromatic nitrogens is 2. The van der Waals surface area contributed by atoms with Gasteiger partial charge in [0.2, 0.25) is 5.82 Å². The second-order valence-electron chi connectivity index (χ2n) is 6.60. The van der Waals surface area contributed by atoms with Crippen molar-refractivity contribution >= 4 is 16.7 Å². The quantitative estimate of drug-likeness (QED) is 0.882. The number of hydrogen-bond acceptors (Lipinski definition) is 7. The fourth-order valence-electron chi connectivity index (χ4n) is 3.22. The molecule has 2 N–H and O–H groups in total. The number of fused-ring (bicyclic) bond motifs is 1. The minimum atomic E-state index is -0.00576. The summed E-state index contributed by atoms with van der Waals surface area (Å²) in [4.78, 5) is 11.0. The molecular weight excluding hydrogens is 318 g/mol. The first kappa shape index (κ1) is 17.2. The predicted molar refractivity (Wildman–Crippen MR) is 95.8 cm³/mol. The van der Waals surface area contributed by atoms with Crippen LogP contribution in [0.25, 0.3) is 10.9 Å². The lowest BCUT2D eigenvalue weighted by molar-refractivity contribution is 0.177. The smallest absolute Gasteiger partial charge is 0.234 e. The third-order valence-electron chi connectivity index (χ3n) is 4.70. The minimum Gasteiger partial charge on any atom is -0.504 e. The van der Waals surface area contributed by atoms with E-state index in [4.69, 9.17) is 4.74 Å². The average molecular weight is 341 g/mol. The van der Waals surface area contributed by atoms with Gasteiger partial charge in [-0.3, -0.25) is 0 Å². The van der Waals surface area contributed by atoms with Gasteiger partial charge in [0.25, 0.3) is 0 Å². The number of anilines is 1. The molecule has 0 bridgehead atoms. The highest BCUT2D eigenvalue weighted by molar-refractivity contribution is 5.92. The molecule has 25 heavy (non-hydrogen) atoms. The molecule has 1 fully saturated rings. The third-order valence-corrected chi connectivity index (χ3v) is 4.70.